The third-order valence-electron chi connectivity index (χ3n) is 4.55. The molecule has 0 aromatic heterocycles. The number of nitrogens with zero attached hydrogens (tertiary/aromatic N) is 1. The Kier molecular flexibility index (Phi) is 6.11. The highest BCUT2D eigenvalue weighted by molar-refractivity contribution is 7.89. The Morgan fingerprint density at radius 2 is 1.96 bits per heavy atom. The number of hydrogen-bond acceptors (Lipinski definition) is 3. The first kappa shape index (κ1) is 20.1. The van der Waals surface area contributed by atoms with Crippen molar-refractivity contribution < 1.29 is 13.2 Å². The van der Waals surface area contributed by atoms with Crippen LogP contribution in [-0.2, 0) is 14.8 Å². The fraction of sp³-hybridized carbons (Fsp3) is 0.316. The van der Waals surface area contributed by atoms with E-state index in [4.69, 9.17) is 23.2 Å². The summed E-state index contributed by atoms with van der Waals surface area (Å²) in [5.41, 5.74) is 1.74. The van der Waals surface area contributed by atoms with Crippen molar-refractivity contribution in [1.29, 1.82) is 0 Å². The van der Waals surface area contributed by atoms with Crippen molar-refractivity contribution in [2.75, 3.05) is 18.4 Å². The number of carbonyl (C=O) groups excluding carboxylic acids is 1. The number of rotatable bonds is 4. The van der Waals surface area contributed by atoms with Gasteiger partial charge in [0, 0.05) is 23.8 Å². The molecule has 144 valence electrons. The van der Waals surface area contributed by atoms with E-state index in [1.165, 1.54) is 22.5 Å². The molecule has 1 heterocycles. The predicted molar refractivity (Wildman–Crippen MR) is 108 cm³/mol. The van der Waals surface area contributed by atoms with Gasteiger partial charge in [-0.2, -0.15) is 4.31 Å². The fourth-order valence-corrected chi connectivity index (χ4v) is 5.42. The number of amides is 1. The zero-order valence-corrected chi connectivity index (χ0v) is 17.1. The molecule has 2 aromatic rings. The van der Waals surface area contributed by atoms with E-state index in [-0.39, 0.29) is 22.4 Å². The Morgan fingerprint density at radius 1 is 1.19 bits per heavy atom. The molecule has 1 aliphatic heterocycles. The van der Waals surface area contributed by atoms with Gasteiger partial charge in [0.2, 0.25) is 15.9 Å². The summed E-state index contributed by atoms with van der Waals surface area (Å²) in [5.74, 6) is -0.607. The molecule has 3 rings (SSSR count). The Balaban J connectivity index is 1.77. The largest absolute Gasteiger partial charge is 0.326 e. The summed E-state index contributed by atoms with van der Waals surface area (Å²) in [7, 11) is -3.82. The van der Waals surface area contributed by atoms with E-state index >= 15 is 0 Å². The molecule has 0 bridgehead atoms. The lowest BCUT2D eigenvalue weighted by Gasteiger charge is -2.31. The van der Waals surface area contributed by atoms with Crippen LogP contribution >= 0.6 is 23.2 Å². The van der Waals surface area contributed by atoms with Gasteiger partial charge in [-0.3, -0.25) is 4.79 Å². The molecule has 0 radical (unpaired) electrons. The maximum absolute atomic E-state index is 13.0. The van der Waals surface area contributed by atoms with Crippen LogP contribution in [0.2, 0.25) is 10.0 Å². The Morgan fingerprint density at radius 3 is 2.70 bits per heavy atom. The van der Waals surface area contributed by atoms with Crippen molar-refractivity contribution >= 4 is 44.8 Å². The first-order valence-corrected chi connectivity index (χ1v) is 10.8. The number of anilines is 1. The number of piperidine rings is 1. The summed E-state index contributed by atoms with van der Waals surface area (Å²) in [6, 6.07) is 11.8. The van der Waals surface area contributed by atoms with Gasteiger partial charge in [0.15, 0.2) is 0 Å². The molecular formula is C19H20Cl2N2O3S. The monoisotopic (exact) mass is 426 g/mol. The number of sulfonamides is 1. The van der Waals surface area contributed by atoms with E-state index in [1.54, 1.807) is 0 Å². The summed E-state index contributed by atoms with van der Waals surface area (Å²) in [6.45, 7) is 2.40. The molecule has 1 amide bonds. The highest BCUT2D eigenvalue weighted by Gasteiger charge is 2.34. The van der Waals surface area contributed by atoms with Crippen LogP contribution in [0.15, 0.2) is 47.4 Å². The average Bonchev–Trinajstić information content (AvgIpc) is 2.63. The highest BCUT2D eigenvalue weighted by Crippen LogP contribution is 2.30. The molecule has 5 nitrogen and oxygen atoms in total. The van der Waals surface area contributed by atoms with Gasteiger partial charge in [0.25, 0.3) is 0 Å². The van der Waals surface area contributed by atoms with Gasteiger partial charge in [-0.05, 0) is 55.7 Å². The number of benzene rings is 2. The minimum absolute atomic E-state index is 0.0311. The molecule has 1 fully saturated rings. The first-order valence-electron chi connectivity index (χ1n) is 8.60. The van der Waals surface area contributed by atoms with Gasteiger partial charge in [-0.1, -0.05) is 35.3 Å². The van der Waals surface area contributed by atoms with Gasteiger partial charge < -0.3 is 5.32 Å². The zero-order chi connectivity index (χ0) is 19.6. The molecule has 0 unspecified atom stereocenters. The second-order valence-corrected chi connectivity index (χ2v) is 9.39. The molecule has 0 saturated carbocycles. The summed E-state index contributed by atoms with van der Waals surface area (Å²) in [4.78, 5) is 12.6. The van der Waals surface area contributed by atoms with E-state index in [9.17, 15) is 13.2 Å². The van der Waals surface area contributed by atoms with E-state index in [0.29, 0.717) is 30.1 Å². The summed E-state index contributed by atoms with van der Waals surface area (Å²) < 4.78 is 27.3. The lowest BCUT2D eigenvalue weighted by atomic mass is 9.98. The minimum Gasteiger partial charge on any atom is -0.326 e. The molecule has 1 atom stereocenters. The number of aryl methyl sites for hydroxylation is 1. The number of nitrogens with one attached hydrogen (secondary N) is 1. The van der Waals surface area contributed by atoms with Crippen LogP contribution < -0.4 is 5.32 Å². The van der Waals surface area contributed by atoms with E-state index in [2.05, 4.69) is 5.32 Å². The van der Waals surface area contributed by atoms with Gasteiger partial charge in [-0.25, -0.2) is 8.42 Å². The Bertz CT molecular complexity index is 963. The van der Waals surface area contributed by atoms with E-state index in [1.807, 2.05) is 31.2 Å². The maximum Gasteiger partial charge on any atom is 0.244 e. The van der Waals surface area contributed by atoms with Crippen LogP contribution in [-0.4, -0.2) is 31.7 Å². The van der Waals surface area contributed by atoms with Crippen LogP contribution in [0.4, 0.5) is 5.69 Å². The van der Waals surface area contributed by atoms with Crippen molar-refractivity contribution in [3.63, 3.8) is 0 Å². The molecule has 1 aliphatic rings. The molecule has 2 aromatic carbocycles. The molecule has 8 heteroatoms. The third kappa shape index (κ3) is 4.63. The van der Waals surface area contributed by atoms with Gasteiger partial charge in [-0.15, -0.1) is 0 Å². The maximum atomic E-state index is 13.0. The predicted octanol–water partition coefficient (Wildman–Crippen LogP) is 4.34. The smallest absolute Gasteiger partial charge is 0.244 e. The van der Waals surface area contributed by atoms with E-state index < -0.39 is 15.9 Å². The van der Waals surface area contributed by atoms with Crippen molar-refractivity contribution in [3.05, 3.63) is 58.1 Å². The van der Waals surface area contributed by atoms with Gasteiger partial charge in [0.05, 0.1) is 10.9 Å². The molecule has 0 spiro atoms. The van der Waals surface area contributed by atoms with Crippen molar-refractivity contribution in [2.24, 2.45) is 5.92 Å². The molecule has 1 saturated heterocycles. The standard InChI is InChI=1S/C19H20Cl2N2O3S/c1-13-4-2-6-16(10-13)22-19(24)14-5-3-9-23(12-14)27(25,26)18-11-15(20)7-8-17(18)21/h2,4,6-8,10-11,14H,3,5,9,12H2,1H3,(H,22,24)/t14-/m0/s1. The average molecular weight is 427 g/mol. The van der Waals surface area contributed by atoms with Crippen LogP contribution in [0, 0.1) is 12.8 Å². The first-order chi connectivity index (χ1) is 12.8. The van der Waals surface area contributed by atoms with E-state index in [0.717, 1.165) is 5.56 Å². The minimum atomic E-state index is -3.82. The number of carbonyl (C=O) groups is 1. The van der Waals surface area contributed by atoms with Crippen LogP contribution in [0.25, 0.3) is 0 Å². The van der Waals surface area contributed by atoms with Crippen molar-refractivity contribution in [3.8, 4) is 0 Å². The lowest BCUT2D eigenvalue weighted by Crippen LogP contribution is -2.43. The second-order valence-electron chi connectivity index (χ2n) is 6.64. The molecule has 1 N–H and O–H groups in total. The van der Waals surface area contributed by atoms with Gasteiger partial charge in [0.1, 0.15) is 4.90 Å². The Hall–Kier alpha value is -1.60. The third-order valence-corrected chi connectivity index (χ3v) is 7.13. The molecule has 0 aliphatic carbocycles. The second kappa shape index (κ2) is 8.19. The van der Waals surface area contributed by atoms with Crippen LogP contribution in [0.5, 0.6) is 0 Å². The summed E-state index contributed by atoms with van der Waals surface area (Å²) in [5, 5.41) is 3.29. The number of hydrogen-bond donors (Lipinski definition) is 1. The lowest BCUT2D eigenvalue weighted by molar-refractivity contribution is -0.120. The fourth-order valence-electron chi connectivity index (χ4n) is 3.16. The van der Waals surface area contributed by atoms with Gasteiger partial charge >= 0.3 is 0 Å². The molecular weight excluding hydrogens is 407 g/mol. The number of halogens is 2. The van der Waals surface area contributed by atoms with Crippen molar-refractivity contribution in [1.82, 2.24) is 4.31 Å². The molecule has 27 heavy (non-hydrogen) atoms. The van der Waals surface area contributed by atoms with Crippen LogP contribution in [0.1, 0.15) is 18.4 Å². The SMILES string of the molecule is Cc1cccc(NC(=O)[C@H]2CCCN(S(=O)(=O)c3cc(Cl)ccc3Cl)C2)c1. The zero-order valence-electron chi connectivity index (χ0n) is 14.8. The Labute approximate surface area is 169 Å². The summed E-state index contributed by atoms with van der Waals surface area (Å²) in [6.07, 6.45) is 1.23. The van der Waals surface area contributed by atoms with Crippen molar-refractivity contribution in [2.45, 2.75) is 24.7 Å². The normalized spacial score (nSPS) is 18.3. The summed E-state index contributed by atoms with van der Waals surface area (Å²) >= 11 is 12.0. The van der Waals surface area contributed by atoms with Crippen LogP contribution in [0.3, 0.4) is 0 Å². The topological polar surface area (TPSA) is 66.5 Å². The highest BCUT2D eigenvalue weighted by atomic mass is 35.5. The quantitative estimate of drug-likeness (QED) is 0.790.